The Morgan fingerprint density at radius 3 is 2.96 bits per heavy atom. The average molecular weight is 422 g/mol. The number of aromatic amines is 2. The summed E-state index contributed by atoms with van der Waals surface area (Å²) in [4.78, 5) is 35.1. The number of esters is 1. The van der Waals surface area contributed by atoms with Crippen LogP contribution in [0.5, 0.6) is 5.88 Å². The van der Waals surface area contributed by atoms with E-state index in [2.05, 4.69) is 21.9 Å². The number of rotatable bonds is 6. The highest BCUT2D eigenvalue weighted by molar-refractivity contribution is 7.71. The van der Waals surface area contributed by atoms with Crippen LogP contribution < -0.4 is 5.56 Å². The second-order valence-electron chi connectivity index (χ2n) is 6.95. The summed E-state index contributed by atoms with van der Waals surface area (Å²) in [5, 5.41) is 10.4. The Kier molecular flexibility index (Phi) is 6.46. The summed E-state index contributed by atoms with van der Waals surface area (Å²) >= 11 is 6.27. The largest absolute Gasteiger partial charge is 0.494 e. The number of thiophene rings is 1. The molecular weight excluding hydrogens is 398 g/mol. The molecule has 0 saturated heterocycles. The molecule has 1 atom stereocenters. The monoisotopic (exact) mass is 421 g/mol. The number of carbonyl (C=O) groups excluding carboxylic acids is 1. The minimum Gasteiger partial charge on any atom is -0.494 e. The van der Waals surface area contributed by atoms with Gasteiger partial charge in [-0.3, -0.25) is 9.78 Å². The van der Waals surface area contributed by atoms with E-state index in [1.54, 1.807) is 0 Å². The van der Waals surface area contributed by atoms with Gasteiger partial charge in [-0.25, -0.2) is 9.79 Å². The van der Waals surface area contributed by atoms with Crippen LogP contribution in [0.2, 0.25) is 0 Å². The van der Waals surface area contributed by atoms with Crippen molar-refractivity contribution >= 4 is 40.7 Å². The zero-order valence-corrected chi connectivity index (χ0v) is 17.5. The number of hydrogen-bond acceptors (Lipinski definition) is 7. The summed E-state index contributed by atoms with van der Waals surface area (Å²) in [6.45, 7) is 4.59. The highest BCUT2D eigenvalue weighted by atomic mass is 32.1. The standard InChI is InChI=1S/C19H23N3O4S2/c1-3-4-7-26-18(25)14-11-6-5-10(2)8-13(11)28-17(14)20-9-12-15(23)21-19(27)22-16(12)24/h9-10H,3-8H2,1-2H3,(H3,21,22,23,24,27)/b20-9+. The molecule has 2 aromatic rings. The number of carbonyl (C=O) groups is 1. The van der Waals surface area contributed by atoms with Crippen molar-refractivity contribution in [3.63, 3.8) is 0 Å². The molecule has 28 heavy (non-hydrogen) atoms. The molecule has 0 fully saturated rings. The molecule has 0 radical (unpaired) electrons. The van der Waals surface area contributed by atoms with Gasteiger partial charge in [0.05, 0.1) is 12.2 Å². The quantitative estimate of drug-likeness (QED) is 0.282. The van der Waals surface area contributed by atoms with Gasteiger partial charge in [0.1, 0.15) is 10.6 Å². The molecular formula is C19H23N3O4S2. The smallest absolute Gasteiger partial charge is 0.341 e. The summed E-state index contributed by atoms with van der Waals surface area (Å²) in [6, 6.07) is 0. The lowest BCUT2D eigenvalue weighted by molar-refractivity contribution is 0.0499. The van der Waals surface area contributed by atoms with Crippen LogP contribution in [0.4, 0.5) is 5.00 Å². The van der Waals surface area contributed by atoms with Crippen molar-refractivity contribution in [2.24, 2.45) is 10.9 Å². The number of aliphatic imine (C=N–C) groups is 1. The Balaban J connectivity index is 1.99. The van der Waals surface area contributed by atoms with Crippen LogP contribution in [0.1, 0.15) is 59.5 Å². The van der Waals surface area contributed by atoms with Gasteiger partial charge in [-0.2, -0.15) is 0 Å². The number of fused-ring (bicyclic) bond motifs is 1. The molecule has 1 aliphatic rings. The summed E-state index contributed by atoms with van der Waals surface area (Å²) in [5.74, 6) is -0.189. The van der Waals surface area contributed by atoms with Crippen LogP contribution >= 0.6 is 23.6 Å². The number of aromatic nitrogens is 2. The first-order valence-corrected chi connectivity index (χ1v) is 10.5. The Hall–Kier alpha value is -2.26. The van der Waals surface area contributed by atoms with Gasteiger partial charge in [-0.15, -0.1) is 11.3 Å². The zero-order valence-electron chi connectivity index (χ0n) is 15.8. The summed E-state index contributed by atoms with van der Waals surface area (Å²) in [6.07, 6.45) is 5.72. The maximum Gasteiger partial charge on any atom is 0.341 e. The Bertz CT molecular complexity index is 1020. The molecule has 9 heteroatoms. The lowest BCUT2D eigenvalue weighted by Crippen LogP contribution is -2.14. The lowest BCUT2D eigenvalue weighted by atomic mass is 9.88. The molecule has 0 saturated carbocycles. The average Bonchev–Trinajstić information content (AvgIpc) is 2.98. The van der Waals surface area contributed by atoms with Crippen molar-refractivity contribution in [1.82, 2.24) is 9.97 Å². The van der Waals surface area contributed by atoms with Gasteiger partial charge in [0.15, 0.2) is 4.77 Å². The van der Waals surface area contributed by atoms with Gasteiger partial charge in [-0.1, -0.05) is 20.3 Å². The van der Waals surface area contributed by atoms with Crippen LogP contribution in [0.15, 0.2) is 9.79 Å². The maximum absolute atomic E-state index is 12.7. The molecule has 0 bridgehead atoms. The molecule has 0 aromatic carbocycles. The van der Waals surface area contributed by atoms with Crippen molar-refractivity contribution in [3.05, 3.63) is 36.7 Å². The van der Waals surface area contributed by atoms with E-state index in [0.29, 0.717) is 23.1 Å². The van der Waals surface area contributed by atoms with Gasteiger partial charge >= 0.3 is 5.97 Å². The van der Waals surface area contributed by atoms with Crippen LogP contribution in [-0.4, -0.2) is 33.9 Å². The molecule has 3 rings (SSSR count). The number of H-pyrrole nitrogens is 2. The molecule has 0 aliphatic heterocycles. The summed E-state index contributed by atoms with van der Waals surface area (Å²) < 4.78 is 5.46. The fourth-order valence-corrected chi connectivity index (χ4v) is 4.68. The number of ether oxygens (including phenoxy) is 1. The fourth-order valence-electron chi connectivity index (χ4n) is 3.15. The van der Waals surface area contributed by atoms with E-state index in [0.717, 1.165) is 42.5 Å². The Morgan fingerprint density at radius 2 is 2.25 bits per heavy atom. The van der Waals surface area contributed by atoms with Crippen molar-refractivity contribution in [2.75, 3.05) is 6.61 Å². The highest BCUT2D eigenvalue weighted by Crippen LogP contribution is 2.41. The first-order valence-electron chi connectivity index (χ1n) is 9.32. The van der Waals surface area contributed by atoms with E-state index in [1.165, 1.54) is 17.6 Å². The first-order chi connectivity index (χ1) is 13.4. The molecule has 0 spiro atoms. The van der Waals surface area contributed by atoms with Crippen molar-refractivity contribution in [2.45, 2.75) is 46.0 Å². The van der Waals surface area contributed by atoms with E-state index in [1.807, 2.05) is 6.92 Å². The highest BCUT2D eigenvalue weighted by Gasteiger charge is 2.28. The maximum atomic E-state index is 12.7. The van der Waals surface area contributed by atoms with Gasteiger partial charge < -0.3 is 14.8 Å². The summed E-state index contributed by atoms with van der Waals surface area (Å²) in [7, 11) is 0. The van der Waals surface area contributed by atoms with Crippen molar-refractivity contribution in [1.29, 1.82) is 0 Å². The zero-order chi connectivity index (χ0) is 20.3. The molecule has 1 unspecified atom stereocenters. The van der Waals surface area contributed by atoms with E-state index in [9.17, 15) is 14.7 Å². The fraction of sp³-hybridized carbons (Fsp3) is 0.474. The molecule has 3 N–H and O–H groups in total. The number of unbranched alkanes of at least 4 members (excludes halogenated alkanes) is 1. The lowest BCUT2D eigenvalue weighted by Gasteiger charge is -2.18. The van der Waals surface area contributed by atoms with Gasteiger partial charge in [0.2, 0.25) is 5.88 Å². The molecule has 0 amide bonds. The minimum absolute atomic E-state index is 0.0282. The van der Waals surface area contributed by atoms with Crippen LogP contribution in [-0.2, 0) is 17.6 Å². The Morgan fingerprint density at radius 1 is 1.46 bits per heavy atom. The predicted molar refractivity (Wildman–Crippen MR) is 112 cm³/mol. The Labute approximate surface area is 171 Å². The van der Waals surface area contributed by atoms with E-state index in [-0.39, 0.29) is 22.2 Å². The first kappa shape index (κ1) is 20.5. The number of nitrogens with zero attached hydrogens (tertiary/aromatic N) is 1. The van der Waals surface area contributed by atoms with Crippen molar-refractivity contribution < 1.29 is 14.6 Å². The van der Waals surface area contributed by atoms with Crippen LogP contribution in [0.25, 0.3) is 0 Å². The van der Waals surface area contributed by atoms with Gasteiger partial charge in [-0.05, 0) is 49.4 Å². The third-order valence-corrected chi connectivity index (χ3v) is 6.06. The topological polar surface area (TPSA) is 108 Å². The van der Waals surface area contributed by atoms with Crippen LogP contribution in [0, 0.1) is 10.7 Å². The second-order valence-corrected chi connectivity index (χ2v) is 8.44. The SMILES string of the molecule is CCCCOC(=O)c1c(/N=C/c2c(O)[nH]c(=S)[nH]c2=O)sc2c1CCC(C)C2. The van der Waals surface area contributed by atoms with E-state index in [4.69, 9.17) is 17.0 Å². The number of hydrogen-bond donors (Lipinski definition) is 3. The molecule has 2 aromatic heterocycles. The molecule has 1 aliphatic carbocycles. The molecule has 2 heterocycles. The van der Waals surface area contributed by atoms with Gasteiger partial charge in [0, 0.05) is 11.1 Å². The number of aromatic hydroxyl groups is 1. The van der Waals surface area contributed by atoms with Crippen LogP contribution in [0.3, 0.4) is 0 Å². The third-order valence-electron chi connectivity index (χ3n) is 4.70. The molecule has 7 nitrogen and oxygen atoms in total. The molecule has 150 valence electrons. The van der Waals surface area contributed by atoms with Gasteiger partial charge in [0.25, 0.3) is 5.56 Å². The second kappa shape index (κ2) is 8.83. The summed E-state index contributed by atoms with van der Waals surface area (Å²) in [5.41, 5.74) is 0.895. The normalized spacial score (nSPS) is 16.3. The van der Waals surface area contributed by atoms with E-state index >= 15 is 0 Å². The number of nitrogens with one attached hydrogen (secondary N) is 2. The predicted octanol–water partition coefficient (Wildman–Crippen LogP) is 4.03. The third kappa shape index (κ3) is 4.41. The van der Waals surface area contributed by atoms with E-state index < -0.39 is 5.56 Å². The minimum atomic E-state index is -0.549. The van der Waals surface area contributed by atoms with Crippen molar-refractivity contribution in [3.8, 4) is 5.88 Å².